The lowest BCUT2D eigenvalue weighted by Gasteiger charge is -2.34. The van der Waals surface area contributed by atoms with Gasteiger partial charge >= 0.3 is 0 Å². The van der Waals surface area contributed by atoms with Gasteiger partial charge in [-0.25, -0.2) is 0 Å². The number of hydrogen-bond acceptors (Lipinski definition) is 2. The first-order valence-corrected chi connectivity index (χ1v) is 7.64. The average molecular weight is 288 g/mol. The van der Waals surface area contributed by atoms with E-state index in [0.717, 1.165) is 26.2 Å². The van der Waals surface area contributed by atoms with Crippen LogP contribution < -0.4 is 15.1 Å². The fourth-order valence-corrected chi connectivity index (χ4v) is 2.79. The molecular formula is C17H26N3O+. The first kappa shape index (κ1) is 15.6. The van der Waals surface area contributed by atoms with Gasteiger partial charge < -0.3 is 15.1 Å². The number of amides is 1. The highest BCUT2D eigenvalue weighted by atomic mass is 16.2. The molecule has 0 radical (unpaired) electrons. The van der Waals surface area contributed by atoms with Crippen molar-refractivity contribution in [2.75, 3.05) is 44.2 Å². The first-order valence-electron chi connectivity index (χ1n) is 7.64. The van der Waals surface area contributed by atoms with Gasteiger partial charge in [0.1, 0.15) is 0 Å². The Morgan fingerprint density at radius 2 is 2.10 bits per heavy atom. The number of nitrogens with zero attached hydrogens (tertiary/aromatic N) is 1. The standard InChI is InChI=1S/C17H25N3O/c1-4-8-18-17(21)13-19-9-11-20(12-10-19)16-7-5-6-14(2)15(16)3/h4-7H,1,8-13H2,2-3H3,(H,18,21)/p+1. The van der Waals surface area contributed by atoms with Crippen LogP contribution in [0.1, 0.15) is 11.1 Å². The molecule has 0 aromatic heterocycles. The third kappa shape index (κ3) is 4.08. The van der Waals surface area contributed by atoms with Crippen LogP contribution >= 0.6 is 0 Å². The molecule has 1 aromatic carbocycles. The van der Waals surface area contributed by atoms with Crippen molar-refractivity contribution in [1.29, 1.82) is 0 Å². The quantitative estimate of drug-likeness (QED) is 0.765. The van der Waals surface area contributed by atoms with E-state index in [9.17, 15) is 4.79 Å². The number of benzene rings is 1. The van der Waals surface area contributed by atoms with E-state index in [0.29, 0.717) is 13.1 Å². The largest absolute Gasteiger partial charge is 0.360 e. The molecule has 0 aliphatic carbocycles. The Morgan fingerprint density at radius 1 is 1.38 bits per heavy atom. The molecule has 1 fully saturated rings. The van der Waals surface area contributed by atoms with E-state index in [1.807, 2.05) is 0 Å². The van der Waals surface area contributed by atoms with Crippen LogP contribution in [0.3, 0.4) is 0 Å². The number of carbonyl (C=O) groups excluding carboxylic acids is 1. The fourth-order valence-electron chi connectivity index (χ4n) is 2.79. The minimum Gasteiger partial charge on any atom is -0.360 e. The van der Waals surface area contributed by atoms with E-state index >= 15 is 0 Å². The Morgan fingerprint density at radius 3 is 2.76 bits per heavy atom. The van der Waals surface area contributed by atoms with Crippen LogP contribution in [0, 0.1) is 13.8 Å². The summed E-state index contributed by atoms with van der Waals surface area (Å²) in [6, 6.07) is 6.48. The second-order valence-corrected chi connectivity index (χ2v) is 5.73. The summed E-state index contributed by atoms with van der Waals surface area (Å²) >= 11 is 0. The summed E-state index contributed by atoms with van der Waals surface area (Å²) in [4.78, 5) is 15.5. The third-order valence-corrected chi connectivity index (χ3v) is 4.24. The zero-order chi connectivity index (χ0) is 15.2. The number of hydrogen-bond donors (Lipinski definition) is 2. The molecule has 0 saturated carbocycles. The Kier molecular flexibility index (Phi) is 5.39. The van der Waals surface area contributed by atoms with Crippen LogP contribution in [-0.2, 0) is 4.79 Å². The maximum Gasteiger partial charge on any atom is 0.275 e. The molecule has 1 aliphatic rings. The number of aryl methyl sites for hydroxylation is 1. The molecule has 1 aliphatic heterocycles. The maximum absolute atomic E-state index is 11.7. The molecular weight excluding hydrogens is 262 g/mol. The maximum atomic E-state index is 11.7. The van der Waals surface area contributed by atoms with Crippen LogP contribution in [0.25, 0.3) is 0 Å². The molecule has 1 amide bonds. The predicted molar refractivity (Wildman–Crippen MR) is 86.9 cm³/mol. The second-order valence-electron chi connectivity index (χ2n) is 5.73. The monoisotopic (exact) mass is 288 g/mol. The van der Waals surface area contributed by atoms with Crippen LogP contribution in [0.4, 0.5) is 5.69 Å². The zero-order valence-corrected chi connectivity index (χ0v) is 13.1. The van der Waals surface area contributed by atoms with E-state index in [2.05, 4.69) is 48.8 Å². The molecule has 4 nitrogen and oxygen atoms in total. The van der Waals surface area contributed by atoms with Crippen molar-refractivity contribution in [1.82, 2.24) is 5.32 Å². The molecule has 4 heteroatoms. The number of rotatable bonds is 5. The molecule has 0 bridgehead atoms. The van der Waals surface area contributed by atoms with Crippen molar-refractivity contribution < 1.29 is 9.69 Å². The molecule has 114 valence electrons. The molecule has 1 saturated heterocycles. The molecule has 2 N–H and O–H groups in total. The van der Waals surface area contributed by atoms with Crippen molar-refractivity contribution >= 4 is 11.6 Å². The molecule has 0 unspecified atom stereocenters. The number of carbonyl (C=O) groups is 1. The Bertz CT molecular complexity index is 505. The van der Waals surface area contributed by atoms with Crippen LogP contribution in [0.15, 0.2) is 30.9 Å². The summed E-state index contributed by atoms with van der Waals surface area (Å²) in [5.41, 5.74) is 4.04. The highest BCUT2D eigenvalue weighted by Gasteiger charge is 2.23. The van der Waals surface area contributed by atoms with E-state index < -0.39 is 0 Å². The molecule has 2 rings (SSSR count). The summed E-state index contributed by atoms with van der Waals surface area (Å²) in [7, 11) is 0. The summed E-state index contributed by atoms with van der Waals surface area (Å²) in [5, 5.41) is 2.85. The molecule has 0 atom stereocenters. The van der Waals surface area contributed by atoms with E-state index in [1.165, 1.54) is 21.7 Å². The molecule has 1 heterocycles. The molecule has 0 spiro atoms. The lowest BCUT2D eigenvalue weighted by molar-refractivity contribution is -0.892. The summed E-state index contributed by atoms with van der Waals surface area (Å²) in [6.45, 7) is 13.1. The van der Waals surface area contributed by atoms with Crippen LogP contribution in [0.5, 0.6) is 0 Å². The van der Waals surface area contributed by atoms with Crippen molar-refractivity contribution in [3.05, 3.63) is 42.0 Å². The minimum atomic E-state index is 0.116. The third-order valence-electron chi connectivity index (χ3n) is 4.24. The summed E-state index contributed by atoms with van der Waals surface area (Å²) < 4.78 is 0. The topological polar surface area (TPSA) is 36.8 Å². The SMILES string of the molecule is C=CCNC(=O)C[NH+]1CCN(c2cccc(C)c2C)CC1. The average Bonchev–Trinajstić information content (AvgIpc) is 2.49. The molecule has 21 heavy (non-hydrogen) atoms. The smallest absolute Gasteiger partial charge is 0.275 e. The Hall–Kier alpha value is -1.81. The van der Waals surface area contributed by atoms with Gasteiger partial charge in [0.25, 0.3) is 5.91 Å². The van der Waals surface area contributed by atoms with Crippen molar-refractivity contribution in [2.45, 2.75) is 13.8 Å². The van der Waals surface area contributed by atoms with Gasteiger partial charge in [0, 0.05) is 12.2 Å². The number of anilines is 1. The Labute approximate surface area is 127 Å². The van der Waals surface area contributed by atoms with Crippen LogP contribution in [0.2, 0.25) is 0 Å². The first-order chi connectivity index (χ1) is 10.1. The zero-order valence-electron chi connectivity index (χ0n) is 13.1. The highest BCUT2D eigenvalue weighted by Crippen LogP contribution is 2.22. The normalized spacial score (nSPS) is 15.8. The lowest BCUT2D eigenvalue weighted by Crippen LogP contribution is -3.16. The van der Waals surface area contributed by atoms with Gasteiger partial charge in [-0.1, -0.05) is 18.2 Å². The van der Waals surface area contributed by atoms with Gasteiger partial charge in [0.05, 0.1) is 26.2 Å². The highest BCUT2D eigenvalue weighted by molar-refractivity contribution is 5.76. The number of nitrogens with one attached hydrogen (secondary N) is 2. The lowest BCUT2D eigenvalue weighted by atomic mass is 10.1. The second kappa shape index (κ2) is 7.27. The molecule has 1 aromatic rings. The number of quaternary nitrogens is 1. The predicted octanol–water partition coefficient (Wildman–Crippen LogP) is 0.311. The van der Waals surface area contributed by atoms with Gasteiger partial charge in [-0.2, -0.15) is 0 Å². The van der Waals surface area contributed by atoms with E-state index in [1.54, 1.807) is 6.08 Å². The van der Waals surface area contributed by atoms with Gasteiger partial charge in [0.2, 0.25) is 0 Å². The minimum absolute atomic E-state index is 0.116. The Balaban J connectivity index is 1.87. The van der Waals surface area contributed by atoms with Crippen molar-refractivity contribution in [3.63, 3.8) is 0 Å². The van der Waals surface area contributed by atoms with Gasteiger partial charge in [-0.3, -0.25) is 4.79 Å². The van der Waals surface area contributed by atoms with E-state index in [-0.39, 0.29) is 5.91 Å². The van der Waals surface area contributed by atoms with Crippen LogP contribution in [-0.4, -0.2) is 45.2 Å². The van der Waals surface area contributed by atoms with Gasteiger partial charge in [-0.05, 0) is 31.0 Å². The van der Waals surface area contributed by atoms with Gasteiger partial charge in [0.15, 0.2) is 6.54 Å². The van der Waals surface area contributed by atoms with Crippen molar-refractivity contribution in [3.8, 4) is 0 Å². The van der Waals surface area contributed by atoms with E-state index in [4.69, 9.17) is 0 Å². The van der Waals surface area contributed by atoms with Crippen molar-refractivity contribution in [2.24, 2.45) is 0 Å². The fraction of sp³-hybridized carbons (Fsp3) is 0.471. The summed E-state index contributed by atoms with van der Waals surface area (Å²) in [5.74, 6) is 0.116. The number of piperazine rings is 1. The summed E-state index contributed by atoms with van der Waals surface area (Å²) in [6.07, 6.45) is 1.71. The van der Waals surface area contributed by atoms with Gasteiger partial charge in [-0.15, -0.1) is 6.58 Å².